The van der Waals surface area contributed by atoms with E-state index in [0.717, 1.165) is 76.2 Å². The lowest BCUT2D eigenvalue weighted by atomic mass is 10.0. The number of halogens is 1. The Bertz CT molecular complexity index is 2680. The highest BCUT2D eigenvalue weighted by Gasteiger charge is 2.15. The summed E-state index contributed by atoms with van der Waals surface area (Å²) < 4.78 is 23.2. The van der Waals surface area contributed by atoms with Gasteiger partial charge in [-0.1, -0.05) is 131 Å². The Balaban J connectivity index is 0.000000177. The zero-order chi connectivity index (χ0) is 48.0. The third-order valence-corrected chi connectivity index (χ3v) is 15.7. The number of nitrogens with zero attached hydrogens (tertiary/aromatic N) is 10. The first-order chi connectivity index (χ1) is 31.9. The zero-order valence-electron chi connectivity index (χ0n) is 40.5. The highest BCUT2D eigenvalue weighted by Crippen LogP contribution is 2.21. The van der Waals surface area contributed by atoms with Gasteiger partial charge in [-0.2, -0.15) is 0 Å². The molecule has 2 N–H and O–H groups in total. The zero-order valence-corrected chi connectivity index (χ0v) is 44.2. The fourth-order valence-corrected chi connectivity index (χ4v) is 8.82. The number of fused-ring (bicyclic) bond motifs is 3. The van der Waals surface area contributed by atoms with Crippen molar-refractivity contribution in [2.75, 3.05) is 25.6 Å². The van der Waals surface area contributed by atoms with Gasteiger partial charge in [0.25, 0.3) is 0 Å². The summed E-state index contributed by atoms with van der Waals surface area (Å²) in [6, 6.07) is 29.6. The number of ether oxygens (including phenoxy) is 3. The van der Waals surface area contributed by atoms with E-state index in [1.807, 2.05) is 86.9 Å². The largest absolute Gasteiger partial charge is 0.382 e. The molecule has 0 saturated carbocycles. The molecule has 8 aromatic rings. The van der Waals surface area contributed by atoms with Crippen LogP contribution in [0.4, 0.5) is 11.6 Å². The normalized spacial score (nSPS) is 11.9. The summed E-state index contributed by atoms with van der Waals surface area (Å²) in [5.74, 6) is 1.02. The van der Waals surface area contributed by atoms with Crippen molar-refractivity contribution in [3.05, 3.63) is 132 Å². The van der Waals surface area contributed by atoms with Crippen LogP contribution in [-0.2, 0) is 34.4 Å². The van der Waals surface area contributed by atoms with Crippen LogP contribution in [0.1, 0.15) is 11.1 Å². The molecule has 0 atom stereocenters. The van der Waals surface area contributed by atoms with E-state index < -0.39 is 24.2 Å². The number of hydrogen-bond acceptors (Lipinski definition) is 11. The number of hydrogen-bond donors (Lipinski definition) is 1. The summed E-state index contributed by atoms with van der Waals surface area (Å²) in [6.45, 7) is 25.0. The number of rotatable bonds is 18. The van der Waals surface area contributed by atoms with Gasteiger partial charge in [-0.25, -0.2) is 34.9 Å². The topological polar surface area (TPSA) is 158 Å². The lowest BCUT2D eigenvalue weighted by Crippen LogP contribution is -2.22. The van der Waals surface area contributed by atoms with Crippen LogP contribution < -0.4 is 5.73 Å². The first kappa shape index (κ1) is 51.0. The smallest absolute Gasteiger partial charge is 0.173 e. The van der Waals surface area contributed by atoms with Gasteiger partial charge in [0.1, 0.15) is 47.7 Å². The summed E-state index contributed by atoms with van der Waals surface area (Å²) in [5, 5.41) is 0.407. The molecule has 2 aromatic carbocycles. The predicted molar refractivity (Wildman–Crippen MR) is 283 cm³/mol. The Hall–Kier alpha value is -5.41. The van der Waals surface area contributed by atoms with Crippen molar-refractivity contribution in [2.24, 2.45) is 4.99 Å². The maximum Gasteiger partial charge on any atom is 0.173 e. The van der Waals surface area contributed by atoms with Gasteiger partial charge in [0.05, 0.1) is 24.3 Å². The SMILES string of the molecule is C[Si](C)(C)CCOCn1ccc2ncc(Cl)nc21.C[Si](C)(C)CCOCn1ccc2ncc(N)nc21.C[Si](C)(C)CCOCn1ccc2ncc(N=C(c3ccccc3)c3ccccc3)nc21. The van der Waals surface area contributed by atoms with Crippen LogP contribution in [0.25, 0.3) is 33.5 Å². The number of aromatic nitrogens is 9. The fourth-order valence-electron chi connectivity index (χ4n) is 6.42. The van der Waals surface area contributed by atoms with Gasteiger partial charge in [-0.05, 0) is 36.3 Å². The third-order valence-electron chi connectivity index (χ3n) is 10.4. The number of nitrogens with two attached hydrogens (primary N) is 1. The summed E-state index contributed by atoms with van der Waals surface area (Å²) in [7, 11) is -3.15. The molecule has 0 amide bonds. The highest BCUT2D eigenvalue weighted by molar-refractivity contribution is 6.76. The van der Waals surface area contributed by atoms with Crippen molar-refractivity contribution in [3.8, 4) is 0 Å². The molecule has 0 aliphatic rings. The van der Waals surface area contributed by atoms with E-state index in [4.69, 9.17) is 41.5 Å². The van der Waals surface area contributed by atoms with Crippen molar-refractivity contribution in [2.45, 2.75) is 97.2 Å². The molecule has 6 heterocycles. The van der Waals surface area contributed by atoms with Crippen LogP contribution >= 0.6 is 11.6 Å². The number of anilines is 1. The molecule has 6 aromatic heterocycles. The van der Waals surface area contributed by atoms with Crippen LogP contribution in [0, 0.1) is 0 Å². The van der Waals surface area contributed by atoms with Crippen molar-refractivity contribution in [1.82, 2.24) is 43.6 Å². The maximum absolute atomic E-state index is 5.92. The maximum atomic E-state index is 5.92. The Kier molecular flexibility index (Phi) is 17.9. The van der Waals surface area contributed by atoms with Gasteiger partial charge in [-0.3, -0.25) is 0 Å². The Labute approximate surface area is 402 Å². The Morgan fingerprint density at radius 2 is 0.910 bits per heavy atom. The molecule has 0 unspecified atom stereocenters. The Morgan fingerprint density at radius 1 is 0.522 bits per heavy atom. The quantitative estimate of drug-likeness (QED) is 0.0498. The first-order valence-electron chi connectivity index (χ1n) is 22.7. The van der Waals surface area contributed by atoms with Crippen LogP contribution in [0.2, 0.25) is 82.2 Å². The summed E-state index contributed by atoms with van der Waals surface area (Å²) in [5.41, 5.74) is 13.5. The van der Waals surface area contributed by atoms with E-state index in [1.54, 1.807) is 18.6 Å². The highest BCUT2D eigenvalue weighted by atomic mass is 35.5. The van der Waals surface area contributed by atoms with Crippen LogP contribution in [0.15, 0.2) is 121 Å². The molecule has 0 aliphatic heterocycles. The fraction of sp³-hybridized carbons (Fsp3) is 0.367. The van der Waals surface area contributed by atoms with Crippen molar-refractivity contribution < 1.29 is 14.2 Å². The van der Waals surface area contributed by atoms with Gasteiger partial charge in [0.2, 0.25) is 0 Å². The first-order valence-corrected chi connectivity index (χ1v) is 34.2. The van der Waals surface area contributed by atoms with Crippen molar-refractivity contribution >= 4 is 86.7 Å². The third kappa shape index (κ3) is 16.4. The second-order valence-electron chi connectivity index (χ2n) is 19.9. The average Bonchev–Trinajstić information content (AvgIpc) is 4.01. The van der Waals surface area contributed by atoms with E-state index in [1.165, 1.54) is 12.1 Å². The average molecular weight is 977 g/mol. The van der Waals surface area contributed by atoms with Gasteiger partial charge >= 0.3 is 0 Å². The van der Waals surface area contributed by atoms with Crippen LogP contribution in [0.5, 0.6) is 0 Å². The molecule has 0 aliphatic carbocycles. The lowest BCUT2D eigenvalue weighted by molar-refractivity contribution is 0.0898. The molecule has 0 saturated heterocycles. The molecule has 0 fully saturated rings. The van der Waals surface area contributed by atoms with Crippen LogP contribution in [0.3, 0.4) is 0 Å². The molecule has 18 heteroatoms. The lowest BCUT2D eigenvalue weighted by Gasteiger charge is -2.15. The second kappa shape index (κ2) is 23.5. The molecule has 0 bridgehead atoms. The van der Waals surface area contributed by atoms with Crippen molar-refractivity contribution in [3.63, 3.8) is 0 Å². The molecular weight excluding hydrogens is 910 g/mol. The van der Waals surface area contributed by atoms with Crippen molar-refractivity contribution in [1.29, 1.82) is 0 Å². The molecule has 8 rings (SSSR count). The van der Waals surface area contributed by atoms with E-state index in [0.29, 0.717) is 37.0 Å². The van der Waals surface area contributed by atoms with E-state index in [-0.39, 0.29) is 0 Å². The monoisotopic (exact) mass is 975 g/mol. The number of nitrogen functional groups attached to an aromatic ring is 1. The molecule has 0 spiro atoms. The molecular formula is C49H66ClN11O3Si3. The summed E-state index contributed by atoms with van der Waals surface area (Å²) >= 11 is 5.85. The number of benzene rings is 2. The summed E-state index contributed by atoms with van der Waals surface area (Å²) in [6.07, 6.45) is 10.7. The Morgan fingerprint density at radius 3 is 1.34 bits per heavy atom. The van der Waals surface area contributed by atoms with Gasteiger partial charge in [0, 0.05) is 73.8 Å². The molecule has 67 heavy (non-hydrogen) atoms. The summed E-state index contributed by atoms with van der Waals surface area (Å²) in [4.78, 5) is 31.2. The predicted octanol–water partition coefficient (Wildman–Crippen LogP) is 11.6. The van der Waals surface area contributed by atoms with E-state index in [9.17, 15) is 0 Å². The van der Waals surface area contributed by atoms with E-state index in [2.05, 4.69) is 108 Å². The number of aliphatic imine (C=N–C) groups is 1. The van der Waals surface area contributed by atoms with Crippen LogP contribution in [-0.4, -0.2) is 93.4 Å². The van der Waals surface area contributed by atoms with E-state index >= 15 is 0 Å². The minimum absolute atomic E-state index is 0.407. The molecule has 14 nitrogen and oxygen atoms in total. The molecule has 0 radical (unpaired) electrons. The minimum atomic E-state index is -1.10. The second-order valence-corrected chi connectivity index (χ2v) is 37.2. The standard InChI is InChI=1S/C25H28N4OSi.C12H18ClN3OSi.C12H20N4OSi/c1-31(2,3)17-16-30-19-29-15-14-22-25(29)28-23(18-26-22)27-24(20-10-6-4-7-11-20)21-12-8-5-9-13-21;2*1-18(2,3)7-6-17-9-16-5-4-10-12(16)15-11(13)8-14-10/h4-15,18H,16-17,19H2,1-3H3;4-5,8H,6-7,9H2,1-3H3;4-5,8H,6-7,9H2,1-3H3,(H2,13,15). The molecule has 354 valence electrons. The minimum Gasteiger partial charge on any atom is -0.382 e. The van der Waals surface area contributed by atoms with Gasteiger partial charge in [0.15, 0.2) is 22.8 Å². The van der Waals surface area contributed by atoms with Gasteiger partial charge < -0.3 is 33.6 Å². The van der Waals surface area contributed by atoms with Gasteiger partial charge in [-0.15, -0.1) is 0 Å².